The zero-order valence-corrected chi connectivity index (χ0v) is 8.18. The lowest BCUT2D eigenvalue weighted by atomic mass is 10.1. The van der Waals surface area contributed by atoms with Crippen molar-refractivity contribution in [1.29, 1.82) is 0 Å². The van der Waals surface area contributed by atoms with Crippen molar-refractivity contribution < 1.29 is 9.90 Å². The second-order valence-electron chi connectivity index (χ2n) is 3.36. The van der Waals surface area contributed by atoms with E-state index in [0.717, 1.165) is 16.1 Å². The number of fused-ring (bicyclic) bond motifs is 1. The Hall–Kier alpha value is -1.90. The van der Waals surface area contributed by atoms with E-state index in [9.17, 15) is 4.79 Å². The molecule has 3 nitrogen and oxygen atoms in total. The van der Waals surface area contributed by atoms with E-state index in [-0.39, 0.29) is 6.42 Å². The van der Waals surface area contributed by atoms with E-state index in [1.165, 1.54) is 0 Å². The maximum Gasteiger partial charge on any atom is 0.307 e. The Bertz CT molecular complexity index is 529. The van der Waals surface area contributed by atoms with E-state index in [0.29, 0.717) is 6.54 Å². The number of aliphatic carboxylic acids is 1. The summed E-state index contributed by atoms with van der Waals surface area (Å²) in [5, 5.41) is 10.6. The molecule has 0 saturated carbocycles. The van der Waals surface area contributed by atoms with Crippen LogP contribution in [0.1, 0.15) is 6.42 Å². The van der Waals surface area contributed by atoms with Gasteiger partial charge in [-0.25, -0.2) is 0 Å². The van der Waals surface area contributed by atoms with Gasteiger partial charge in [0.25, 0.3) is 0 Å². The van der Waals surface area contributed by atoms with Crippen molar-refractivity contribution in [2.45, 2.75) is 6.42 Å². The maximum absolute atomic E-state index is 10.7. The number of benzene rings is 1. The molecule has 0 unspecified atom stereocenters. The number of hydrogen-bond donors (Lipinski definition) is 1. The van der Waals surface area contributed by atoms with Crippen LogP contribution in [-0.2, 0) is 4.79 Å². The summed E-state index contributed by atoms with van der Waals surface area (Å²) in [4.78, 5) is 15.0. The highest BCUT2D eigenvalue weighted by molar-refractivity contribution is 5.81. The van der Waals surface area contributed by atoms with Crippen LogP contribution in [0.25, 0.3) is 5.57 Å². The first-order valence-corrected chi connectivity index (χ1v) is 4.78. The number of hydrogen-bond acceptors (Lipinski definition) is 2. The molecule has 0 aromatic heterocycles. The topological polar surface area (TPSA) is 49.7 Å². The minimum atomic E-state index is -0.814. The highest BCUT2D eigenvalue weighted by Crippen LogP contribution is 2.03. The van der Waals surface area contributed by atoms with Gasteiger partial charge in [-0.15, -0.1) is 0 Å². The van der Waals surface area contributed by atoms with Crippen LogP contribution in [0.5, 0.6) is 0 Å². The van der Waals surface area contributed by atoms with Gasteiger partial charge in [0.15, 0.2) is 0 Å². The van der Waals surface area contributed by atoms with Crippen LogP contribution in [0.4, 0.5) is 0 Å². The molecule has 0 bridgehead atoms. The number of rotatable bonds is 2. The molecule has 1 heterocycles. The molecule has 0 amide bonds. The predicted molar refractivity (Wildman–Crippen MR) is 56.9 cm³/mol. The molecule has 0 saturated heterocycles. The van der Waals surface area contributed by atoms with Crippen molar-refractivity contribution in [3.8, 4) is 0 Å². The zero-order valence-electron chi connectivity index (χ0n) is 8.18. The fourth-order valence-corrected chi connectivity index (χ4v) is 1.64. The van der Waals surface area contributed by atoms with E-state index in [2.05, 4.69) is 4.99 Å². The van der Waals surface area contributed by atoms with E-state index >= 15 is 0 Å². The minimum Gasteiger partial charge on any atom is -0.481 e. The molecule has 76 valence electrons. The summed E-state index contributed by atoms with van der Waals surface area (Å²) >= 11 is 0. The van der Waals surface area contributed by atoms with E-state index in [1.807, 2.05) is 36.4 Å². The molecule has 1 aliphatic heterocycles. The third-order valence-corrected chi connectivity index (χ3v) is 2.28. The lowest BCUT2D eigenvalue weighted by Crippen LogP contribution is -2.26. The van der Waals surface area contributed by atoms with Crippen LogP contribution in [-0.4, -0.2) is 17.6 Å². The van der Waals surface area contributed by atoms with Crippen LogP contribution in [0.2, 0.25) is 0 Å². The van der Waals surface area contributed by atoms with Gasteiger partial charge in [-0.2, -0.15) is 0 Å². The van der Waals surface area contributed by atoms with Gasteiger partial charge in [-0.3, -0.25) is 9.79 Å². The number of allylic oxidation sites excluding steroid dienone is 1. The van der Waals surface area contributed by atoms with Crippen LogP contribution < -0.4 is 10.6 Å². The Morgan fingerprint density at radius 2 is 2.20 bits per heavy atom. The molecule has 1 aromatic rings. The highest BCUT2D eigenvalue weighted by atomic mass is 16.4. The quantitative estimate of drug-likeness (QED) is 0.757. The first kappa shape index (κ1) is 9.65. The number of carboxylic acids is 1. The number of carboxylic acid groups (broad SMARTS) is 1. The first-order chi connectivity index (χ1) is 7.27. The van der Waals surface area contributed by atoms with Gasteiger partial charge in [-0.05, 0) is 11.6 Å². The molecule has 1 aliphatic rings. The minimum absolute atomic E-state index is 0.0447. The monoisotopic (exact) mass is 201 g/mol. The standard InChI is InChI=1S/C12H11NO2/c14-12(15)8-9-4-3-7-13-11-6-2-1-5-10(9)11/h1-6H,7-8H2,(H,14,15). The van der Waals surface area contributed by atoms with Crippen LogP contribution >= 0.6 is 0 Å². The Balaban J connectivity index is 2.67. The predicted octanol–water partition coefficient (Wildman–Crippen LogP) is 0.501. The van der Waals surface area contributed by atoms with Gasteiger partial charge in [0.2, 0.25) is 0 Å². The van der Waals surface area contributed by atoms with Crippen molar-refractivity contribution in [2.75, 3.05) is 6.54 Å². The Kier molecular flexibility index (Phi) is 2.63. The number of nitrogens with zero attached hydrogens (tertiary/aromatic N) is 1. The summed E-state index contributed by atoms with van der Waals surface area (Å²) in [6, 6.07) is 7.62. The fourth-order valence-electron chi connectivity index (χ4n) is 1.64. The summed E-state index contributed by atoms with van der Waals surface area (Å²) in [5.74, 6) is -0.814. The van der Waals surface area contributed by atoms with Gasteiger partial charge in [0.1, 0.15) is 0 Å². The van der Waals surface area contributed by atoms with Crippen molar-refractivity contribution in [3.05, 3.63) is 47.0 Å². The lowest BCUT2D eigenvalue weighted by Gasteiger charge is -1.96. The molecule has 3 heteroatoms. The van der Waals surface area contributed by atoms with Gasteiger partial charge < -0.3 is 5.11 Å². The average molecular weight is 201 g/mol. The number of para-hydroxylation sites is 1. The molecule has 0 aliphatic carbocycles. The zero-order chi connectivity index (χ0) is 10.7. The molecule has 1 N–H and O–H groups in total. The summed E-state index contributed by atoms with van der Waals surface area (Å²) < 4.78 is 0. The number of carbonyl (C=O) groups is 1. The van der Waals surface area contributed by atoms with Gasteiger partial charge >= 0.3 is 5.97 Å². The van der Waals surface area contributed by atoms with Crippen molar-refractivity contribution >= 4 is 11.5 Å². The molecule has 0 fully saturated rings. The SMILES string of the molecule is O=C(O)CC1=c2ccccc2=NCC=C1. The molecule has 0 radical (unpaired) electrons. The van der Waals surface area contributed by atoms with Crippen LogP contribution in [0.3, 0.4) is 0 Å². The van der Waals surface area contributed by atoms with Crippen LogP contribution in [0, 0.1) is 0 Å². The second-order valence-corrected chi connectivity index (χ2v) is 3.36. The van der Waals surface area contributed by atoms with Crippen molar-refractivity contribution in [2.24, 2.45) is 4.99 Å². The summed E-state index contributed by atoms with van der Waals surface area (Å²) in [6.07, 6.45) is 3.78. The first-order valence-electron chi connectivity index (χ1n) is 4.78. The van der Waals surface area contributed by atoms with Crippen molar-refractivity contribution in [1.82, 2.24) is 0 Å². The Morgan fingerprint density at radius 1 is 1.40 bits per heavy atom. The molecule has 15 heavy (non-hydrogen) atoms. The van der Waals surface area contributed by atoms with Gasteiger partial charge in [0, 0.05) is 5.22 Å². The average Bonchev–Trinajstić information content (AvgIpc) is 2.41. The van der Waals surface area contributed by atoms with E-state index in [4.69, 9.17) is 5.11 Å². The molecule has 0 spiro atoms. The molecule has 1 aromatic carbocycles. The largest absolute Gasteiger partial charge is 0.481 e. The second kappa shape index (κ2) is 4.09. The normalized spacial score (nSPS) is 14.0. The lowest BCUT2D eigenvalue weighted by molar-refractivity contribution is -0.135. The summed E-state index contributed by atoms with van der Waals surface area (Å²) in [7, 11) is 0. The van der Waals surface area contributed by atoms with Gasteiger partial charge in [0.05, 0.1) is 18.3 Å². The Morgan fingerprint density at radius 3 is 3.00 bits per heavy atom. The maximum atomic E-state index is 10.7. The molecular weight excluding hydrogens is 190 g/mol. The van der Waals surface area contributed by atoms with Crippen molar-refractivity contribution in [3.63, 3.8) is 0 Å². The molecule has 2 rings (SSSR count). The summed E-state index contributed by atoms with van der Waals surface area (Å²) in [6.45, 7) is 0.611. The molecular formula is C12H11NO2. The third kappa shape index (κ3) is 2.13. The van der Waals surface area contributed by atoms with E-state index < -0.39 is 5.97 Å². The molecule has 0 atom stereocenters. The highest BCUT2D eigenvalue weighted by Gasteiger charge is 2.04. The van der Waals surface area contributed by atoms with Crippen LogP contribution in [0.15, 0.2) is 41.4 Å². The smallest absolute Gasteiger partial charge is 0.307 e. The van der Waals surface area contributed by atoms with E-state index in [1.54, 1.807) is 0 Å². The van der Waals surface area contributed by atoms with Gasteiger partial charge in [-0.1, -0.05) is 30.4 Å². The summed E-state index contributed by atoms with van der Waals surface area (Å²) in [5.41, 5.74) is 0.819. The fraction of sp³-hybridized carbons (Fsp3) is 0.167. The third-order valence-electron chi connectivity index (χ3n) is 2.28. The Labute approximate surface area is 87.1 Å².